The Labute approximate surface area is 53.0 Å². The van der Waals surface area contributed by atoms with E-state index in [1.807, 2.05) is 0 Å². The summed E-state index contributed by atoms with van der Waals surface area (Å²) in [5.74, 6) is -0.269. The molecule has 1 atom stereocenters. The predicted molar refractivity (Wildman–Crippen MR) is 32.1 cm³/mol. The van der Waals surface area contributed by atoms with Gasteiger partial charge in [-0.05, 0) is 0 Å². The molecule has 1 heterocycles. The number of hydrogen-bond donors (Lipinski definition) is 0. The van der Waals surface area contributed by atoms with E-state index >= 15 is 0 Å². The van der Waals surface area contributed by atoms with E-state index in [0.717, 1.165) is 0 Å². The third-order valence-electron chi connectivity index (χ3n) is 1.01. The first kappa shape index (κ1) is 6.01. The van der Waals surface area contributed by atoms with E-state index in [2.05, 4.69) is 22.7 Å². The highest BCUT2D eigenvalue weighted by Crippen LogP contribution is 2.05. The molecule has 0 fully saturated rings. The Morgan fingerprint density at radius 2 is 2.78 bits per heavy atom. The van der Waals surface area contributed by atoms with Gasteiger partial charge in [-0.15, -0.1) is 6.58 Å². The van der Waals surface area contributed by atoms with Gasteiger partial charge in [0.2, 0.25) is 0 Å². The maximum absolute atomic E-state index is 10.6. The third-order valence-corrected chi connectivity index (χ3v) is 1.01. The lowest BCUT2D eigenvalue weighted by molar-refractivity contribution is -0.122. The fourth-order valence-corrected chi connectivity index (χ4v) is 0.558. The van der Waals surface area contributed by atoms with Crippen LogP contribution < -0.4 is 0 Å². The van der Waals surface area contributed by atoms with Crippen LogP contribution in [0.1, 0.15) is 6.42 Å². The molecule has 1 unspecified atom stereocenters. The smallest absolute Gasteiger partial charge is 0.290 e. The molecule has 0 N–H and O–H groups in total. The van der Waals surface area contributed by atoms with Crippen molar-refractivity contribution < 1.29 is 9.53 Å². The van der Waals surface area contributed by atoms with Gasteiger partial charge in [0.25, 0.3) is 12.3 Å². The van der Waals surface area contributed by atoms with Crippen LogP contribution in [-0.2, 0) is 9.53 Å². The van der Waals surface area contributed by atoms with Gasteiger partial charge < -0.3 is 4.74 Å². The number of carbonyl (C=O) groups is 1. The molecule has 0 spiro atoms. The Morgan fingerprint density at radius 3 is 3.22 bits per heavy atom. The molecule has 9 heavy (non-hydrogen) atoms. The van der Waals surface area contributed by atoms with Crippen molar-refractivity contribution in [1.29, 1.82) is 0 Å². The van der Waals surface area contributed by atoms with Gasteiger partial charge in [0.15, 0.2) is 6.10 Å². The summed E-state index contributed by atoms with van der Waals surface area (Å²) < 4.78 is 4.67. The van der Waals surface area contributed by atoms with Crippen molar-refractivity contribution in [2.24, 2.45) is 4.99 Å². The monoisotopic (exact) mass is 124 g/mol. The minimum atomic E-state index is -0.456. The number of ether oxygens (including phenoxy) is 1. The van der Waals surface area contributed by atoms with Gasteiger partial charge in [-0.1, -0.05) is 6.08 Å². The zero-order valence-electron chi connectivity index (χ0n) is 4.83. The molecule has 0 aliphatic carbocycles. The van der Waals surface area contributed by atoms with E-state index in [-0.39, 0.29) is 5.91 Å². The maximum Gasteiger partial charge on any atom is 0.290 e. The molecule has 1 rings (SSSR count). The summed E-state index contributed by atoms with van der Waals surface area (Å²) in [5, 5.41) is 0. The van der Waals surface area contributed by atoms with Crippen molar-refractivity contribution in [1.82, 2.24) is 0 Å². The first-order valence-electron chi connectivity index (χ1n) is 2.60. The Balaban J connectivity index is 2.45. The highest BCUT2D eigenvalue weighted by atomic mass is 16.5. The molecule has 0 saturated heterocycles. The Kier molecular flexibility index (Phi) is 1.63. The normalized spacial score (nSPS) is 24.0. The number of nitrogens with zero attached hydrogens (tertiary/aromatic N) is 1. The van der Waals surface area contributed by atoms with Crippen molar-refractivity contribution >= 4 is 12.3 Å². The number of carbonyl (C=O) groups excluding carboxylic acids is 1. The van der Waals surface area contributed by atoms with Crippen molar-refractivity contribution in [2.75, 3.05) is 0 Å². The molecule has 1 aliphatic heterocycles. The van der Waals surface area contributed by atoms with Crippen LogP contribution in [0.15, 0.2) is 17.6 Å². The van der Waals surface area contributed by atoms with Gasteiger partial charge in [0.05, 0.1) is 0 Å². The van der Waals surface area contributed by atoms with Crippen LogP contribution in [-0.4, -0.2) is 18.4 Å². The topological polar surface area (TPSA) is 38.7 Å². The lowest BCUT2D eigenvalue weighted by Gasteiger charge is -1.99. The Morgan fingerprint density at radius 1 is 2.00 bits per heavy atom. The third kappa shape index (κ3) is 1.16. The summed E-state index contributed by atoms with van der Waals surface area (Å²) in [6.07, 6.45) is 3.80. The summed E-state index contributed by atoms with van der Waals surface area (Å²) in [6.45, 7) is 3.46. The van der Waals surface area contributed by atoms with Crippen LogP contribution >= 0.6 is 0 Å². The zero-order valence-corrected chi connectivity index (χ0v) is 4.83. The van der Waals surface area contributed by atoms with Gasteiger partial charge in [-0.25, -0.2) is 0 Å². The van der Waals surface area contributed by atoms with Gasteiger partial charge >= 0.3 is 0 Å². The molecular weight excluding hydrogens is 118 g/mol. The van der Waals surface area contributed by atoms with Gasteiger partial charge in [-0.3, -0.25) is 4.79 Å². The van der Waals surface area contributed by atoms with Gasteiger partial charge in [0.1, 0.15) is 0 Å². The van der Waals surface area contributed by atoms with Crippen LogP contribution in [0, 0.1) is 0 Å². The average Bonchev–Trinajstić information content (AvgIpc) is 2.18. The summed E-state index contributed by atoms with van der Waals surface area (Å²) >= 11 is 0. The molecule has 1 radical (unpaired) electrons. The van der Waals surface area contributed by atoms with Crippen LogP contribution in [0.3, 0.4) is 0 Å². The quantitative estimate of drug-likeness (QED) is 0.499. The standard InChI is InChI=1S/C6H6NO2/c1-2-3-5-6(8)7-4-9-5/h2,5H,1,3H2. The lowest BCUT2D eigenvalue weighted by Crippen LogP contribution is -2.14. The van der Waals surface area contributed by atoms with E-state index in [9.17, 15) is 4.79 Å². The van der Waals surface area contributed by atoms with Crippen molar-refractivity contribution in [3.63, 3.8) is 0 Å². The van der Waals surface area contributed by atoms with Crippen LogP contribution in [0.5, 0.6) is 0 Å². The Hall–Kier alpha value is -1.12. The number of amides is 1. The van der Waals surface area contributed by atoms with E-state index < -0.39 is 6.10 Å². The summed E-state index contributed by atoms with van der Waals surface area (Å²) in [5.41, 5.74) is 0. The molecule has 0 aromatic rings. The molecular formula is C6H6NO2. The number of aliphatic imine (C=N–C) groups is 1. The van der Waals surface area contributed by atoms with Gasteiger partial charge in [0, 0.05) is 6.42 Å². The van der Waals surface area contributed by atoms with E-state index in [1.54, 1.807) is 6.08 Å². The largest absolute Gasteiger partial charge is 0.460 e. The average molecular weight is 124 g/mol. The zero-order chi connectivity index (χ0) is 6.69. The molecule has 0 aromatic heterocycles. The van der Waals surface area contributed by atoms with Crippen molar-refractivity contribution in [3.8, 4) is 0 Å². The predicted octanol–water partition coefficient (Wildman–Crippen LogP) is 0.393. The van der Waals surface area contributed by atoms with Crippen LogP contribution in [0.25, 0.3) is 0 Å². The van der Waals surface area contributed by atoms with Crippen molar-refractivity contribution in [3.05, 3.63) is 12.7 Å². The maximum atomic E-state index is 10.6. The minimum Gasteiger partial charge on any atom is -0.460 e. The first-order chi connectivity index (χ1) is 4.34. The number of hydrogen-bond acceptors (Lipinski definition) is 2. The summed E-state index contributed by atoms with van der Waals surface area (Å²) in [7, 11) is 0. The van der Waals surface area contributed by atoms with E-state index in [0.29, 0.717) is 6.42 Å². The minimum absolute atomic E-state index is 0.269. The van der Waals surface area contributed by atoms with Crippen LogP contribution in [0.4, 0.5) is 0 Å². The van der Waals surface area contributed by atoms with Crippen molar-refractivity contribution in [2.45, 2.75) is 12.5 Å². The highest BCUT2D eigenvalue weighted by Gasteiger charge is 2.21. The second kappa shape index (κ2) is 2.44. The van der Waals surface area contributed by atoms with Crippen LogP contribution in [0.2, 0.25) is 0 Å². The van der Waals surface area contributed by atoms with E-state index in [4.69, 9.17) is 0 Å². The number of rotatable bonds is 2. The fourth-order valence-electron chi connectivity index (χ4n) is 0.558. The SMILES string of the molecule is C=CCC1O[C]=NC1=O. The Bertz CT molecular complexity index is 162. The molecule has 3 heteroatoms. The molecule has 3 nitrogen and oxygen atoms in total. The molecule has 1 amide bonds. The lowest BCUT2D eigenvalue weighted by atomic mass is 10.2. The first-order valence-corrected chi connectivity index (χ1v) is 2.60. The van der Waals surface area contributed by atoms with E-state index in [1.165, 1.54) is 0 Å². The molecule has 47 valence electrons. The highest BCUT2D eigenvalue weighted by molar-refractivity contribution is 5.91. The summed E-state index contributed by atoms with van der Waals surface area (Å²) in [4.78, 5) is 13.8. The second-order valence-electron chi connectivity index (χ2n) is 1.67. The molecule has 0 bridgehead atoms. The second-order valence-corrected chi connectivity index (χ2v) is 1.67. The fraction of sp³-hybridized carbons (Fsp3) is 0.333. The summed E-state index contributed by atoms with van der Waals surface area (Å²) in [6, 6.07) is 0. The molecule has 0 saturated carbocycles. The molecule has 0 aromatic carbocycles. The molecule has 1 aliphatic rings. The van der Waals surface area contributed by atoms with Gasteiger partial charge in [-0.2, -0.15) is 4.99 Å².